The molecule has 24 heavy (non-hydrogen) atoms. The molecule has 2 heterocycles. The molecule has 0 aliphatic carbocycles. The van der Waals surface area contributed by atoms with E-state index in [-0.39, 0.29) is 16.9 Å². The first-order chi connectivity index (χ1) is 11.1. The number of hydrogen-bond donors (Lipinski definition) is 5. The first-order valence-corrected chi connectivity index (χ1v) is 7.09. The van der Waals surface area contributed by atoms with Crippen molar-refractivity contribution >= 4 is 28.4 Å². The number of nitrogens with one attached hydrogen (secondary N) is 1. The highest BCUT2D eigenvalue weighted by Crippen LogP contribution is 2.27. The number of carbonyl (C=O) groups is 2. The van der Waals surface area contributed by atoms with Gasteiger partial charge in [0.05, 0.1) is 17.3 Å². The minimum Gasteiger partial charge on any atom is -0.398 e. The van der Waals surface area contributed by atoms with E-state index in [1.54, 1.807) is 12.1 Å². The summed E-state index contributed by atoms with van der Waals surface area (Å²) >= 11 is 0. The van der Waals surface area contributed by atoms with Crippen LogP contribution in [0, 0.1) is 6.92 Å². The zero-order valence-electron chi connectivity index (χ0n) is 12.9. The van der Waals surface area contributed by atoms with Gasteiger partial charge < -0.3 is 17.2 Å². The lowest BCUT2D eigenvalue weighted by Crippen LogP contribution is -2.82. The number of nitrogens with zero attached hydrogens (tertiary/aromatic N) is 2. The Morgan fingerprint density at radius 1 is 1.21 bits per heavy atom. The summed E-state index contributed by atoms with van der Waals surface area (Å²) in [5.41, 5.74) is 19.6. The molecule has 0 bridgehead atoms. The van der Waals surface area contributed by atoms with Crippen molar-refractivity contribution in [3.05, 3.63) is 34.4 Å². The third kappa shape index (κ3) is 1.94. The molecule has 3 rings (SSSR count). The van der Waals surface area contributed by atoms with E-state index < -0.39 is 35.1 Å². The number of carbonyl (C=O) groups excluding carboxylic acids is 2. The maximum atomic E-state index is 13.0. The first-order valence-electron chi connectivity index (χ1n) is 7.09. The van der Waals surface area contributed by atoms with Gasteiger partial charge in [-0.3, -0.25) is 30.0 Å². The molecule has 1 unspecified atom stereocenters. The van der Waals surface area contributed by atoms with Crippen molar-refractivity contribution in [1.82, 2.24) is 14.9 Å². The summed E-state index contributed by atoms with van der Waals surface area (Å²) in [5.74, 6) is -1.54. The molecule has 1 aliphatic rings. The number of nitrogens with two attached hydrogens (primary N) is 4. The molecule has 2 amide bonds. The van der Waals surface area contributed by atoms with Crippen molar-refractivity contribution in [1.29, 1.82) is 0 Å². The molecule has 1 atom stereocenters. The number of fused-ring (bicyclic) bond motifs is 1. The van der Waals surface area contributed by atoms with Gasteiger partial charge in [-0.2, -0.15) is 0 Å². The molecule has 1 aromatic carbocycles. The summed E-state index contributed by atoms with van der Waals surface area (Å²) in [5, 5.41) is 2.15. The average Bonchev–Trinajstić information content (AvgIpc) is 2.44. The number of benzene rings is 1. The molecule has 126 valence electrons. The lowest BCUT2D eigenvalue weighted by molar-refractivity contribution is -0.146. The Kier molecular flexibility index (Phi) is 3.23. The third-order valence-corrected chi connectivity index (χ3v) is 4.21. The van der Waals surface area contributed by atoms with Gasteiger partial charge in [-0.15, -0.1) is 0 Å². The average molecular weight is 331 g/mol. The lowest BCUT2D eigenvalue weighted by atomic mass is 9.86. The van der Waals surface area contributed by atoms with Crippen LogP contribution in [0.2, 0.25) is 0 Å². The van der Waals surface area contributed by atoms with Gasteiger partial charge in [0, 0.05) is 5.69 Å². The Morgan fingerprint density at radius 3 is 2.50 bits per heavy atom. The van der Waals surface area contributed by atoms with E-state index in [9.17, 15) is 14.4 Å². The summed E-state index contributed by atoms with van der Waals surface area (Å²) in [6.07, 6.45) is -0.441. The Balaban J connectivity index is 2.41. The molecule has 0 radical (unpaired) electrons. The fraction of sp³-hybridized carbons (Fsp3) is 0.286. The summed E-state index contributed by atoms with van der Waals surface area (Å²) in [6.45, 7) is 1.48. The molecule has 2 aromatic rings. The summed E-state index contributed by atoms with van der Waals surface area (Å²) in [4.78, 5) is 41.2. The Bertz CT molecular complexity index is 949. The number of nitrogen functional groups attached to an aromatic ring is 1. The number of aryl methyl sites for hydroxylation is 1. The number of rotatable bonds is 1. The largest absolute Gasteiger partial charge is 0.398 e. The number of piperidine rings is 1. The van der Waals surface area contributed by atoms with Gasteiger partial charge in [0.2, 0.25) is 11.6 Å². The van der Waals surface area contributed by atoms with E-state index in [0.29, 0.717) is 5.52 Å². The van der Waals surface area contributed by atoms with Crippen LogP contribution < -0.4 is 33.8 Å². The number of anilines is 1. The topological polar surface area (TPSA) is 185 Å². The third-order valence-electron chi connectivity index (χ3n) is 4.21. The molecular formula is C14H17N7O3. The Labute approximate surface area is 135 Å². The predicted octanol–water partition coefficient (Wildman–Crippen LogP) is -2.44. The van der Waals surface area contributed by atoms with Gasteiger partial charge in [0.15, 0.2) is 0 Å². The number of hydrogen-bond acceptors (Lipinski definition) is 8. The van der Waals surface area contributed by atoms with E-state index in [1.807, 2.05) is 0 Å². The standard InChI is InChI=1S/C14H17N7O3/c1-6-19-8-4-2-3-7(15)10(8)11(23)21(6)14(18)12(24)20-9(22)5-13(14,16)17/h2-4H,5,15-18H2,1H3,(H,20,22,24). The lowest BCUT2D eigenvalue weighted by Gasteiger charge is -2.45. The van der Waals surface area contributed by atoms with Gasteiger partial charge in [0.1, 0.15) is 11.5 Å². The van der Waals surface area contributed by atoms with Gasteiger partial charge in [-0.25, -0.2) is 4.98 Å². The van der Waals surface area contributed by atoms with E-state index in [4.69, 9.17) is 22.9 Å². The van der Waals surface area contributed by atoms with E-state index in [0.717, 1.165) is 4.57 Å². The molecule has 1 aliphatic heterocycles. The number of imide groups is 1. The zero-order chi connectivity index (χ0) is 17.9. The van der Waals surface area contributed by atoms with Crippen LogP contribution in [0.15, 0.2) is 23.0 Å². The van der Waals surface area contributed by atoms with Crippen LogP contribution in [0.5, 0.6) is 0 Å². The van der Waals surface area contributed by atoms with E-state index in [1.165, 1.54) is 13.0 Å². The van der Waals surface area contributed by atoms with Crippen LogP contribution >= 0.6 is 0 Å². The minimum absolute atomic E-state index is 0.0911. The van der Waals surface area contributed by atoms with Crippen molar-refractivity contribution in [3.8, 4) is 0 Å². The second kappa shape index (κ2) is 4.84. The summed E-state index contributed by atoms with van der Waals surface area (Å²) in [7, 11) is 0. The molecule has 10 nitrogen and oxygen atoms in total. The zero-order valence-corrected chi connectivity index (χ0v) is 12.9. The van der Waals surface area contributed by atoms with E-state index >= 15 is 0 Å². The smallest absolute Gasteiger partial charge is 0.271 e. The Hall–Kier alpha value is -2.82. The molecular weight excluding hydrogens is 314 g/mol. The Morgan fingerprint density at radius 2 is 1.88 bits per heavy atom. The van der Waals surface area contributed by atoms with Crippen LogP contribution in [0.1, 0.15) is 12.2 Å². The van der Waals surface area contributed by atoms with Crippen molar-refractivity contribution in [2.45, 2.75) is 24.7 Å². The molecule has 10 heteroatoms. The van der Waals surface area contributed by atoms with Crippen LogP contribution in [0.3, 0.4) is 0 Å². The van der Waals surface area contributed by atoms with Gasteiger partial charge in [-0.1, -0.05) is 6.07 Å². The van der Waals surface area contributed by atoms with Crippen molar-refractivity contribution in [3.63, 3.8) is 0 Å². The summed E-state index contributed by atoms with van der Waals surface area (Å²) in [6, 6.07) is 4.78. The molecule has 1 saturated heterocycles. The minimum atomic E-state index is -2.20. The highest BCUT2D eigenvalue weighted by molar-refractivity contribution is 6.03. The summed E-state index contributed by atoms with van der Waals surface area (Å²) < 4.78 is 0.896. The van der Waals surface area contributed by atoms with Crippen LogP contribution in [0.25, 0.3) is 10.9 Å². The molecule has 9 N–H and O–H groups in total. The maximum Gasteiger partial charge on any atom is 0.271 e. The second-order valence-corrected chi connectivity index (χ2v) is 5.90. The van der Waals surface area contributed by atoms with Crippen molar-refractivity contribution in [2.75, 3.05) is 5.73 Å². The second-order valence-electron chi connectivity index (χ2n) is 5.90. The van der Waals surface area contributed by atoms with Gasteiger partial charge in [0.25, 0.3) is 11.5 Å². The van der Waals surface area contributed by atoms with Crippen molar-refractivity contribution < 1.29 is 9.59 Å². The van der Waals surface area contributed by atoms with Gasteiger partial charge >= 0.3 is 0 Å². The molecule has 1 fully saturated rings. The van der Waals surface area contributed by atoms with Gasteiger partial charge in [-0.05, 0) is 19.1 Å². The maximum absolute atomic E-state index is 13.0. The molecule has 0 saturated carbocycles. The first kappa shape index (κ1) is 16.1. The number of aromatic nitrogens is 2. The fourth-order valence-corrected chi connectivity index (χ4v) is 2.97. The highest BCUT2D eigenvalue weighted by Gasteiger charge is 2.57. The van der Waals surface area contributed by atoms with Crippen molar-refractivity contribution in [2.24, 2.45) is 17.2 Å². The fourth-order valence-electron chi connectivity index (χ4n) is 2.97. The quantitative estimate of drug-likeness (QED) is 0.216. The van der Waals surface area contributed by atoms with Crippen LogP contribution in [-0.4, -0.2) is 27.0 Å². The monoisotopic (exact) mass is 331 g/mol. The highest BCUT2D eigenvalue weighted by atomic mass is 16.2. The number of amides is 2. The van der Waals surface area contributed by atoms with Crippen LogP contribution in [0.4, 0.5) is 5.69 Å². The normalized spacial score (nSPS) is 23.3. The molecule has 0 spiro atoms. The van der Waals surface area contributed by atoms with Crippen LogP contribution in [-0.2, 0) is 15.3 Å². The molecule has 1 aromatic heterocycles. The van der Waals surface area contributed by atoms with E-state index in [2.05, 4.69) is 10.3 Å². The SMILES string of the molecule is Cc1nc2cccc(N)c2c(=O)n1C1(N)C(=O)NC(=O)CC1(N)N. The predicted molar refractivity (Wildman–Crippen MR) is 86.2 cm³/mol.